The summed E-state index contributed by atoms with van der Waals surface area (Å²) < 4.78 is 32.2. The minimum Gasteiger partial charge on any atom is -0.445 e. The van der Waals surface area contributed by atoms with E-state index < -0.39 is 36.8 Å². The summed E-state index contributed by atoms with van der Waals surface area (Å²) in [6.07, 6.45) is 0.967. The number of carbonyl (C=O) groups excluding carboxylic acids is 1. The topological polar surface area (TPSA) is 77.0 Å². The van der Waals surface area contributed by atoms with Gasteiger partial charge in [0.1, 0.15) is 12.4 Å². The lowest BCUT2D eigenvalue weighted by atomic mass is 9.77. The second-order valence-corrected chi connectivity index (χ2v) is 8.70. The standard InChI is InChI=1S/C24H29BFNO5/c1-23(2)24(3,4)32-25(31-23)20(13-18-11-8-12-19(15-28)21(18)26)14-27-22(29)30-16-17-9-6-5-7-10-17/h5-13,28H,14-16H2,1-4H3,(H,27,29). The summed E-state index contributed by atoms with van der Waals surface area (Å²) in [7, 11) is -0.786. The van der Waals surface area contributed by atoms with Crippen molar-refractivity contribution in [2.24, 2.45) is 0 Å². The van der Waals surface area contributed by atoms with Gasteiger partial charge in [0.2, 0.25) is 0 Å². The van der Waals surface area contributed by atoms with Crippen LogP contribution in [-0.4, -0.2) is 36.1 Å². The van der Waals surface area contributed by atoms with Gasteiger partial charge in [0, 0.05) is 17.7 Å². The fraction of sp³-hybridized carbons (Fsp3) is 0.375. The summed E-state index contributed by atoms with van der Waals surface area (Å²) in [5.41, 5.74) is 0.635. The number of rotatable bonds is 7. The molecule has 2 aromatic carbocycles. The molecule has 0 saturated carbocycles. The van der Waals surface area contributed by atoms with Crippen LogP contribution in [0.1, 0.15) is 44.4 Å². The molecule has 0 spiro atoms. The van der Waals surface area contributed by atoms with Gasteiger partial charge in [-0.1, -0.05) is 54.6 Å². The minimum atomic E-state index is -0.786. The summed E-state index contributed by atoms with van der Waals surface area (Å²) >= 11 is 0. The van der Waals surface area contributed by atoms with Crippen LogP contribution in [0.5, 0.6) is 0 Å². The van der Waals surface area contributed by atoms with E-state index >= 15 is 0 Å². The molecule has 1 amide bonds. The van der Waals surface area contributed by atoms with Crippen molar-refractivity contribution in [2.45, 2.75) is 52.1 Å². The first-order chi connectivity index (χ1) is 15.1. The Morgan fingerprint density at radius 2 is 1.75 bits per heavy atom. The SMILES string of the molecule is CC1(C)OB(C(=Cc2cccc(CO)c2F)CNC(=O)OCc2ccccc2)OC1(C)C. The first kappa shape index (κ1) is 24.0. The second-order valence-electron chi connectivity index (χ2n) is 8.70. The predicted octanol–water partition coefficient (Wildman–Crippen LogP) is 4.26. The molecule has 170 valence electrons. The maximum atomic E-state index is 14.7. The molecule has 0 bridgehead atoms. The minimum absolute atomic E-state index is 0.0350. The van der Waals surface area contributed by atoms with Gasteiger partial charge in [0.15, 0.2) is 0 Å². The van der Waals surface area contributed by atoms with Crippen molar-refractivity contribution in [1.29, 1.82) is 0 Å². The number of carbonyl (C=O) groups is 1. The highest BCUT2D eigenvalue weighted by atomic mass is 19.1. The predicted molar refractivity (Wildman–Crippen MR) is 121 cm³/mol. The van der Waals surface area contributed by atoms with Crippen LogP contribution < -0.4 is 5.32 Å². The van der Waals surface area contributed by atoms with Gasteiger partial charge < -0.3 is 24.5 Å². The molecule has 6 nitrogen and oxygen atoms in total. The monoisotopic (exact) mass is 441 g/mol. The third kappa shape index (κ3) is 5.57. The van der Waals surface area contributed by atoms with E-state index in [4.69, 9.17) is 14.0 Å². The van der Waals surface area contributed by atoms with Gasteiger partial charge in [-0.25, -0.2) is 9.18 Å². The highest BCUT2D eigenvalue weighted by Crippen LogP contribution is 2.38. The van der Waals surface area contributed by atoms with E-state index in [0.29, 0.717) is 5.47 Å². The number of aliphatic hydroxyl groups is 1. The number of benzene rings is 2. The Morgan fingerprint density at radius 3 is 2.38 bits per heavy atom. The van der Waals surface area contributed by atoms with Crippen LogP contribution in [0.2, 0.25) is 0 Å². The number of alkyl carbamates (subject to hydrolysis) is 1. The molecule has 1 saturated heterocycles. The molecule has 1 aliphatic heterocycles. The zero-order chi connectivity index (χ0) is 23.4. The molecule has 2 aromatic rings. The first-order valence-electron chi connectivity index (χ1n) is 10.5. The molecule has 32 heavy (non-hydrogen) atoms. The van der Waals surface area contributed by atoms with Crippen LogP contribution in [0.3, 0.4) is 0 Å². The Labute approximate surface area is 188 Å². The van der Waals surface area contributed by atoms with E-state index in [1.165, 1.54) is 6.07 Å². The maximum absolute atomic E-state index is 14.7. The van der Waals surface area contributed by atoms with Gasteiger partial charge in [-0.2, -0.15) is 0 Å². The zero-order valence-electron chi connectivity index (χ0n) is 18.9. The summed E-state index contributed by atoms with van der Waals surface area (Å²) in [6.45, 7) is 7.42. The van der Waals surface area contributed by atoms with E-state index in [2.05, 4.69) is 5.32 Å². The van der Waals surface area contributed by atoms with E-state index in [1.54, 1.807) is 18.2 Å². The number of ether oxygens (including phenoxy) is 1. The molecule has 2 N–H and O–H groups in total. The van der Waals surface area contributed by atoms with Crippen LogP contribution >= 0.6 is 0 Å². The van der Waals surface area contributed by atoms with Crippen molar-refractivity contribution < 1.29 is 28.3 Å². The second kappa shape index (κ2) is 9.86. The smallest absolute Gasteiger partial charge is 0.445 e. The highest BCUT2D eigenvalue weighted by Gasteiger charge is 2.52. The molecule has 0 aliphatic carbocycles. The van der Waals surface area contributed by atoms with Crippen molar-refractivity contribution >= 4 is 19.3 Å². The first-order valence-corrected chi connectivity index (χ1v) is 10.5. The summed E-state index contributed by atoms with van der Waals surface area (Å²) in [6, 6.07) is 14.1. The quantitative estimate of drug-likeness (QED) is 0.628. The number of hydrogen-bond donors (Lipinski definition) is 2. The van der Waals surface area contributed by atoms with E-state index in [1.807, 2.05) is 58.0 Å². The average Bonchev–Trinajstić information content (AvgIpc) is 2.98. The van der Waals surface area contributed by atoms with Crippen LogP contribution in [0, 0.1) is 5.82 Å². The van der Waals surface area contributed by atoms with Crippen LogP contribution in [0.4, 0.5) is 9.18 Å². The summed E-state index contributed by atoms with van der Waals surface area (Å²) in [4.78, 5) is 12.3. The Hall–Kier alpha value is -2.68. The van der Waals surface area contributed by atoms with Gasteiger partial charge in [-0.3, -0.25) is 0 Å². The van der Waals surface area contributed by atoms with Crippen molar-refractivity contribution in [3.63, 3.8) is 0 Å². The van der Waals surface area contributed by atoms with Crippen LogP contribution in [-0.2, 0) is 27.3 Å². The molecule has 1 heterocycles. The maximum Gasteiger partial charge on any atom is 0.492 e. The molecule has 0 atom stereocenters. The van der Waals surface area contributed by atoms with Gasteiger partial charge in [-0.05, 0) is 38.7 Å². The van der Waals surface area contributed by atoms with Crippen molar-refractivity contribution in [3.05, 3.63) is 76.5 Å². The number of hydrogen-bond acceptors (Lipinski definition) is 5. The van der Waals surface area contributed by atoms with Gasteiger partial charge in [-0.15, -0.1) is 0 Å². The van der Waals surface area contributed by atoms with E-state index in [9.17, 15) is 14.3 Å². The Kier molecular flexibility index (Phi) is 7.38. The number of amides is 1. The van der Waals surface area contributed by atoms with Crippen molar-refractivity contribution in [3.8, 4) is 0 Å². The molecular weight excluding hydrogens is 412 g/mol. The number of halogens is 1. The largest absolute Gasteiger partial charge is 0.492 e. The third-order valence-electron chi connectivity index (χ3n) is 5.83. The lowest BCUT2D eigenvalue weighted by Crippen LogP contribution is -2.41. The lowest BCUT2D eigenvalue weighted by molar-refractivity contribution is 0.00578. The van der Waals surface area contributed by atoms with Crippen LogP contribution in [0.25, 0.3) is 6.08 Å². The van der Waals surface area contributed by atoms with Crippen molar-refractivity contribution in [1.82, 2.24) is 5.32 Å². The molecular formula is C24H29BFNO5. The third-order valence-corrected chi connectivity index (χ3v) is 5.83. The molecule has 0 aromatic heterocycles. The van der Waals surface area contributed by atoms with Crippen LogP contribution in [0.15, 0.2) is 54.0 Å². The van der Waals surface area contributed by atoms with Gasteiger partial charge >= 0.3 is 13.2 Å². The Bertz CT molecular complexity index is 962. The molecule has 3 rings (SSSR count). The van der Waals surface area contributed by atoms with Crippen molar-refractivity contribution in [2.75, 3.05) is 6.54 Å². The Balaban J connectivity index is 1.78. The number of nitrogens with one attached hydrogen (secondary N) is 1. The molecule has 1 fully saturated rings. The molecule has 8 heteroatoms. The Morgan fingerprint density at radius 1 is 1.09 bits per heavy atom. The average molecular weight is 441 g/mol. The van der Waals surface area contributed by atoms with E-state index in [0.717, 1.165) is 5.56 Å². The number of aliphatic hydroxyl groups excluding tert-OH is 1. The normalized spacial score (nSPS) is 17.3. The summed E-state index contributed by atoms with van der Waals surface area (Å²) in [5, 5.41) is 12.1. The summed E-state index contributed by atoms with van der Waals surface area (Å²) in [5.74, 6) is -0.532. The van der Waals surface area contributed by atoms with Gasteiger partial charge in [0.05, 0.1) is 17.8 Å². The fourth-order valence-corrected chi connectivity index (χ4v) is 3.18. The highest BCUT2D eigenvalue weighted by molar-refractivity contribution is 6.56. The molecule has 0 radical (unpaired) electrons. The van der Waals surface area contributed by atoms with E-state index in [-0.39, 0.29) is 24.3 Å². The fourth-order valence-electron chi connectivity index (χ4n) is 3.18. The molecule has 1 aliphatic rings. The van der Waals surface area contributed by atoms with Gasteiger partial charge in [0.25, 0.3) is 0 Å². The molecule has 0 unspecified atom stereocenters. The lowest BCUT2D eigenvalue weighted by Gasteiger charge is -2.32. The zero-order valence-corrected chi connectivity index (χ0v) is 18.9.